The summed E-state index contributed by atoms with van der Waals surface area (Å²) in [6, 6.07) is 7.85. The van der Waals surface area contributed by atoms with Gasteiger partial charge in [0, 0.05) is 18.1 Å². The minimum atomic E-state index is 0.798. The molecule has 1 nitrogen and oxygen atoms in total. The Hall–Kier alpha value is -0.790. The molecule has 0 aliphatic heterocycles. The average molecular weight is 196 g/mol. The van der Waals surface area contributed by atoms with Crippen molar-refractivity contribution in [2.75, 3.05) is 6.54 Å². The largest absolute Gasteiger partial charge is 0.309 e. The van der Waals surface area contributed by atoms with Crippen LogP contribution >= 0.6 is 11.6 Å². The van der Waals surface area contributed by atoms with Gasteiger partial charge in [-0.2, -0.15) is 0 Å². The van der Waals surface area contributed by atoms with Gasteiger partial charge in [0.2, 0.25) is 0 Å². The summed E-state index contributed by atoms with van der Waals surface area (Å²) >= 11 is 5.98. The molecular weight excluding hydrogens is 182 g/mol. The summed E-state index contributed by atoms with van der Waals surface area (Å²) in [7, 11) is 0. The number of nitrogens with one attached hydrogen (secondary N) is 1. The molecule has 70 valence electrons. The number of hydrogen-bond donors (Lipinski definition) is 1. The quantitative estimate of drug-likeness (QED) is 0.729. The lowest BCUT2D eigenvalue weighted by Gasteiger charge is -2.05. The summed E-state index contributed by atoms with van der Waals surface area (Å²) in [5, 5.41) is 4.07. The van der Waals surface area contributed by atoms with Crippen LogP contribution in [-0.2, 0) is 6.54 Å². The summed E-state index contributed by atoms with van der Waals surface area (Å²) in [4.78, 5) is 0. The zero-order valence-corrected chi connectivity index (χ0v) is 8.56. The summed E-state index contributed by atoms with van der Waals surface area (Å²) in [5.41, 5.74) is 2.26. The Balaban J connectivity index is 2.45. The van der Waals surface area contributed by atoms with Crippen LogP contribution in [0.25, 0.3) is 0 Å². The fourth-order valence-electron chi connectivity index (χ4n) is 1.05. The van der Waals surface area contributed by atoms with Crippen LogP contribution in [0.3, 0.4) is 0 Å². The van der Waals surface area contributed by atoms with Gasteiger partial charge < -0.3 is 5.32 Å². The third-order valence-corrected chi connectivity index (χ3v) is 2.07. The van der Waals surface area contributed by atoms with Crippen LogP contribution in [0.4, 0.5) is 0 Å². The molecule has 0 atom stereocenters. The normalized spacial score (nSPS) is 10.0. The molecule has 1 rings (SSSR count). The maximum Gasteiger partial charge on any atom is 0.0450 e. The third kappa shape index (κ3) is 3.62. The van der Waals surface area contributed by atoms with Gasteiger partial charge in [-0.05, 0) is 18.6 Å². The Labute approximate surface area is 84.4 Å². The van der Waals surface area contributed by atoms with E-state index in [-0.39, 0.29) is 0 Å². The molecule has 1 aromatic carbocycles. The predicted octanol–water partition coefficient (Wildman–Crippen LogP) is 3.01. The standard InChI is InChI=1S/C11H14ClN/c1-9(2)7-13-8-10-5-3-4-6-11(10)12/h3-6,13H,1,7-8H2,2H3. The van der Waals surface area contributed by atoms with Gasteiger partial charge in [-0.1, -0.05) is 42.0 Å². The van der Waals surface area contributed by atoms with Crippen molar-refractivity contribution < 1.29 is 0 Å². The van der Waals surface area contributed by atoms with E-state index in [1.807, 2.05) is 31.2 Å². The highest BCUT2D eigenvalue weighted by Crippen LogP contribution is 2.14. The van der Waals surface area contributed by atoms with Crippen molar-refractivity contribution in [1.82, 2.24) is 5.32 Å². The molecule has 1 aromatic rings. The van der Waals surface area contributed by atoms with E-state index in [1.54, 1.807) is 0 Å². The van der Waals surface area contributed by atoms with E-state index in [1.165, 1.54) is 0 Å². The van der Waals surface area contributed by atoms with Crippen molar-refractivity contribution in [2.45, 2.75) is 13.5 Å². The Bertz CT molecular complexity index is 294. The first kappa shape index (κ1) is 10.3. The van der Waals surface area contributed by atoms with Crippen LogP contribution in [0.1, 0.15) is 12.5 Å². The van der Waals surface area contributed by atoms with Crippen molar-refractivity contribution in [2.24, 2.45) is 0 Å². The van der Waals surface area contributed by atoms with Gasteiger partial charge in [-0.3, -0.25) is 0 Å². The highest BCUT2D eigenvalue weighted by atomic mass is 35.5. The molecule has 0 radical (unpaired) electrons. The predicted molar refractivity (Wildman–Crippen MR) is 58.0 cm³/mol. The molecule has 13 heavy (non-hydrogen) atoms. The molecule has 0 saturated heterocycles. The minimum absolute atomic E-state index is 0.798. The number of benzene rings is 1. The van der Waals surface area contributed by atoms with Crippen molar-refractivity contribution in [3.63, 3.8) is 0 Å². The highest BCUT2D eigenvalue weighted by molar-refractivity contribution is 6.31. The second-order valence-electron chi connectivity index (χ2n) is 3.15. The van der Waals surface area contributed by atoms with Gasteiger partial charge in [0.1, 0.15) is 0 Å². The molecule has 0 saturated carbocycles. The molecule has 0 aliphatic carbocycles. The van der Waals surface area contributed by atoms with Gasteiger partial charge in [0.05, 0.1) is 0 Å². The van der Waals surface area contributed by atoms with E-state index in [2.05, 4.69) is 11.9 Å². The number of halogens is 1. The Morgan fingerprint density at radius 1 is 1.46 bits per heavy atom. The van der Waals surface area contributed by atoms with Gasteiger partial charge in [-0.25, -0.2) is 0 Å². The first-order chi connectivity index (χ1) is 6.20. The first-order valence-corrected chi connectivity index (χ1v) is 4.66. The van der Waals surface area contributed by atoms with E-state index >= 15 is 0 Å². The van der Waals surface area contributed by atoms with Gasteiger partial charge in [0.15, 0.2) is 0 Å². The summed E-state index contributed by atoms with van der Waals surface area (Å²) in [6.45, 7) is 7.45. The molecule has 2 heteroatoms. The van der Waals surface area contributed by atoms with Crippen molar-refractivity contribution >= 4 is 11.6 Å². The molecule has 0 spiro atoms. The fraction of sp³-hybridized carbons (Fsp3) is 0.273. The van der Waals surface area contributed by atoms with Crippen LogP contribution in [0, 0.1) is 0 Å². The van der Waals surface area contributed by atoms with E-state index in [0.717, 1.165) is 29.2 Å². The lowest BCUT2D eigenvalue weighted by molar-refractivity contribution is 0.741. The highest BCUT2D eigenvalue weighted by Gasteiger charge is 1.96. The van der Waals surface area contributed by atoms with Crippen molar-refractivity contribution in [1.29, 1.82) is 0 Å². The second kappa shape index (κ2) is 5.05. The van der Waals surface area contributed by atoms with Crippen LogP contribution in [0.5, 0.6) is 0 Å². The average Bonchev–Trinajstić information content (AvgIpc) is 2.08. The minimum Gasteiger partial charge on any atom is -0.309 e. The SMILES string of the molecule is C=C(C)CNCc1ccccc1Cl. The van der Waals surface area contributed by atoms with Crippen LogP contribution < -0.4 is 5.32 Å². The van der Waals surface area contributed by atoms with Gasteiger partial charge in [0.25, 0.3) is 0 Å². The third-order valence-electron chi connectivity index (χ3n) is 1.70. The lowest BCUT2D eigenvalue weighted by atomic mass is 10.2. The molecule has 0 aromatic heterocycles. The molecule has 0 unspecified atom stereocenters. The van der Waals surface area contributed by atoms with Gasteiger partial charge in [-0.15, -0.1) is 0 Å². The van der Waals surface area contributed by atoms with Crippen molar-refractivity contribution in [3.05, 3.63) is 47.0 Å². The summed E-state index contributed by atoms with van der Waals surface area (Å²) < 4.78 is 0. The molecule has 0 amide bonds. The zero-order valence-electron chi connectivity index (χ0n) is 7.81. The van der Waals surface area contributed by atoms with E-state index in [4.69, 9.17) is 11.6 Å². The van der Waals surface area contributed by atoms with Crippen LogP contribution in [0.2, 0.25) is 5.02 Å². The monoisotopic (exact) mass is 195 g/mol. The van der Waals surface area contributed by atoms with Gasteiger partial charge >= 0.3 is 0 Å². The molecular formula is C11H14ClN. The molecule has 0 fully saturated rings. The van der Waals surface area contributed by atoms with Crippen molar-refractivity contribution in [3.8, 4) is 0 Å². The molecule has 0 bridgehead atoms. The molecule has 1 N–H and O–H groups in total. The Morgan fingerprint density at radius 2 is 2.15 bits per heavy atom. The topological polar surface area (TPSA) is 12.0 Å². The Kier molecular flexibility index (Phi) is 4.00. The van der Waals surface area contributed by atoms with E-state index in [0.29, 0.717) is 0 Å². The first-order valence-electron chi connectivity index (χ1n) is 4.28. The fourth-order valence-corrected chi connectivity index (χ4v) is 1.25. The number of rotatable bonds is 4. The second-order valence-corrected chi connectivity index (χ2v) is 3.56. The van der Waals surface area contributed by atoms with E-state index < -0.39 is 0 Å². The maximum absolute atomic E-state index is 5.98. The maximum atomic E-state index is 5.98. The summed E-state index contributed by atoms with van der Waals surface area (Å²) in [5.74, 6) is 0. The zero-order chi connectivity index (χ0) is 9.68. The van der Waals surface area contributed by atoms with Crippen LogP contribution in [-0.4, -0.2) is 6.54 Å². The molecule has 0 heterocycles. The van der Waals surface area contributed by atoms with Crippen LogP contribution in [0.15, 0.2) is 36.4 Å². The van der Waals surface area contributed by atoms with E-state index in [9.17, 15) is 0 Å². The summed E-state index contributed by atoms with van der Waals surface area (Å²) in [6.07, 6.45) is 0. The molecule has 0 aliphatic rings. The lowest BCUT2D eigenvalue weighted by Crippen LogP contribution is -2.15. The Morgan fingerprint density at radius 3 is 2.77 bits per heavy atom. The number of hydrogen-bond acceptors (Lipinski definition) is 1. The smallest absolute Gasteiger partial charge is 0.0450 e.